The van der Waals surface area contributed by atoms with E-state index >= 15 is 0 Å². The highest BCUT2D eigenvalue weighted by atomic mass is 16.2. The fraction of sp³-hybridized carbons (Fsp3) is 0.500. The molecule has 6 nitrogen and oxygen atoms in total. The molecule has 1 N–H and O–H groups in total. The van der Waals surface area contributed by atoms with Crippen molar-refractivity contribution in [1.29, 1.82) is 0 Å². The fourth-order valence-corrected chi connectivity index (χ4v) is 2.19. The Morgan fingerprint density at radius 2 is 2.35 bits per heavy atom. The van der Waals surface area contributed by atoms with E-state index in [0.29, 0.717) is 13.1 Å². The lowest BCUT2D eigenvalue weighted by Gasteiger charge is -2.16. The molecule has 0 radical (unpaired) electrons. The van der Waals surface area contributed by atoms with Crippen LogP contribution >= 0.6 is 0 Å². The summed E-state index contributed by atoms with van der Waals surface area (Å²) in [6.07, 6.45) is 3.57. The maximum Gasteiger partial charge on any atom is 0.227 e. The van der Waals surface area contributed by atoms with Crippen molar-refractivity contribution in [2.24, 2.45) is 5.92 Å². The van der Waals surface area contributed by atoms with Crippen molar-refractivity contribution in [3.05, 3.63) is 24.5 Å². The smallest absolute Gasteiger partial charge is 0.227 e. The molecule has 2 heterocycles. The van der Waals surface area contributed by atoms with Crippen molar-refractivity contribution < 1.29 is 9.59 Å². The number of carbonyl (C=O) groups excluding carboxylic acids is 2. The van der Waals surface area contributed by atoms with Gasteiger partial charge in [-0.3, -0.25) is 14.6 Å². The monoisotopic (exact) mass is 276 g/mol. The zero-order valence-corrected chi connectivity index (χ0v) is 11.9. The highest BCUT2D eigenvalue weighted by Crippen LogP contribution is 2.24. The minimum Gasteiger partial charge on any atom is -0.355 e. The van der Waals surface area contributed by atoms with Gasteiger partial charge < -0.3 is 15.1 Å². The van der Waals surface area contributed by atoms with Crippen LogP contribution < -0.4 is 10.2 Å². The van der Waals surface area contributed by atoms with Gasteiger partial charge in [0.1, 0.15) is 0 Å². The summed E-state index contributed by atoms with van der Waals surface area (Å²) >= 11 is 0. The second kappa shape index (κ2) is 6.47. The summed E-state index contributed by atoms with van der Waals surface area (Å²) in [6, 6.07) is 3.62. The highest BCUT2D eigenvalue weighted by molar-refractivity contribution is 6.00. The van der Waals surface area contributed by atoms with E-state index < -0.39 is 0 Å². The van der Waals surface area contributed by atoms with E-state index in [0.717, 1.165) is 12.2 Å². The summed E-state index contributed by atoms with van der Waals surface area (Å²) in [7, 11) is 3.91. The predicted octanol–water partition coefficient (Wildman–Crippen LogP) is 0.112. The third kappa shape index (κ3) is 3.54. The van der Waals surface area contributed by atoms with Crippen LogP contribution in [0.5, 0.6) is 0 Å². The van der Waals surface area contributed by atoms with Gasteiger partial charge in [-0.05, 0) is 26.2 Å². The van der Waals surface area contributed by atoms with Crippen LogP contribution in [0.2, 0.25) is 0 Å². The first-order chi connectivity index (χ1) is 9.58. The molecule has 108 valence electrons. The van der Waals surface area contributed by atoms with Crippen LogP contribution in [-0.2, 0) is 9.59 Å². The van der Waals surface area contributed by atoms with Gasteiger partial charge in [0.2, 0.25) is 11.8 Å². The van der Waals surface area contributed by atoms with Gasteiger partial charge in [0, 0.05) is 32.3 Å². The Balaban J connectivity index is 1.90. The van der Waals surface area contributed by atoms with Crippen molar-refractivity contribution in [2.75, 3.05) is 38.6 Å². The Morgan fingerprint density at radius 3 is 3.00 bits per heavy atom. The van der Waals surface area contributed by atoms with Gasteiger partial charge >= 0.3 is 0 Å². The third-order valence-electron chi connectivity index (χ3n) is 3.31. The molecule has 0 saturated carbocycles. The fourth-order valence-electron chi connectivity index (χ4n) is 2.19. The van der Waals surface area contributed by atoms with Gasteiger partial charge in [-0.1, -0.05) is 0 Å². The van der Waals surface area contributed by atoms with Crippen LogP contribution in [0.25, 0.3) is 0 Å². The summed E-state index contributed by atoms with van der Waals surface area (Å²) < 4.78 is 0. The first kappa shape index (κ1) is 14.5. The van der Waals surface area contributed by atoms with Crippen molar-refractivity contribution in [3.8, 4) is 0 Å². The van der Waals surface area contributed by atoms with Crippen molar-refractivity contribution in [1.82, 2.24) is 15.2 Å². The third-order valence-corrected chi connectivity index (χ3v) is 3.31. The van der Waals surface area contributed by atoms with Gasteiger partial charge in [0.05, 0.1) is 17.8 Å². The number of amides is 2. The number of nitrogens with one attached hydrogen (secondary N) is 1. The summed E-state index contributed by atoms with van der Waals surface area (Å²) in [5, 5.41) is 2.87. The molecule has 0 spiro atoms. The van der Waals surface area contributed by atoms with Crippen LogP contribution in [0.1, 0.15) is 6.42 Å². The molecule has 6 heteroatoms. The number of nitrogens with zero attached hydrogens (tertiary/aromatic N) is 3. The standard InChI is InChI=1S/C14H20N4O2/c1-17(2)7-6-16-14(20)11-8-13(19)18(10-11)12-4-3-5-15-9-12/h3-5,9,11H,6-8,10H2,1-2H3,(H,16,20). The zero-order chi connectivity index (χ0) is 14.5. The molecule has 20 heavy (non-hydrogen) atoms. The highest BCUT2D eigenvalue weighted by Gasteiger charge is 2.34. The van der Waals surface area contributed by atoms with Crippen molar-refractivity contribution >= 4 is 17.5 Å². The SMILES string of the molecule is CN(C)CCNC(=O)C1CC(=O)N(c2cccnc2)C1. The number of hydrogen-bond donors (Lipinski definition) is 1. The number of likely N-dealkylation sites (N-methyl/N-ethyl adjacent to an activating group) is 1. The summed E-state index contributed by atoms with van der Waals surface area (Å²) in [5.41, 5.74) is 0.751. The van der Waals surface area contributed by atoms with E-state index in [1.807, 2.05) is 25.1 Å². The molecule has 0 aromatic carbocycles. The molecule has 1 aliphatic heterocycles. The van der Waals surface area contributed by atoms with Crippen molar-refractivity contribution in [3.63, 3.8) is 0 Å². The number of hydrogen-bond acceptors (Lipinski definition) is 4. The number of rotatable bonds is 5. The van der Waals surface area contributed by atoms with Gasteiger partial charge in [-0.15, -0.1) is 0 Å². The van der Waals surface area contributed by atoms with E-state index in [2.05, 4.69) is 10.3 Å². The average Bonchev–Trinajstić information content (AvgIpc) is 2.81. The Morgan fingerprint density at radius 1 is 1.55 bits per heavy atom. The molecule has 0 bridgehead atoms. The van der Waals surface area contributed by atoms with E-state index in [4.69, 9.17) is 0 Å². The lowest BCUT2D eigenvalue weighted by atomic mass is 10.1. The number of aromatic nitrogens is 1. The first-order valence-electron chi connectivity index (χ1n) is 6.71. The Kier molecular flexibility index (Phi) is 4.68. The average molecular weight is 276 g/mol. The predicted molar refractivity (Wildman–Crippen MR) is 76.3 cm³/mol. The molecular formula is C14H20N4O2. The maximum absolute atomic E-state index is 12.0. The van der Waals surface area contributed by atoms with Gasteiger partial charge in [0.25, 0.3) is 0 Å². The minimum absolute atomic E-state index is 0.0224. The second-order valence-corrected chi connectivity index (χ2v) is 5.21. The van der Waals surface area contributed by atoms with E-state index in [1.165, 1.54) is 0 Å². The van der Waals surface area contributed by atoms with Crippen LogP contribution in [0, 0.1) is 5.92 Å². The Labute approximate surface area is 118 Å². The molecule has 1 aromatic rings. The molecular weight excluding hydrogens is 256 g/mol. The number of carbonyl (C=O) groups is 2. The topological polar surface area (TPSA) is 65.5 Å². The largest absolute Gasteiger partial charge is 0.355 e. The maximum atomic E-state index is 12.0. The second-order valence-electron chi connectivity index (χ2n) is 5.21. The first-order valence-corrected chi connectivity index (χ1v) is 6.71. The summed E-state index contributed by atoms with van der Waals surface area (Å²) in [6.45, 7) is 1.82. The summed E-state index contributed by atoms with van der Waals surface area (Å²) in [5.74, 6) is -0.345. The minimum atomic E-state index is -0.273. The summed E-state index contributed by atoms with van der Waals surface area (Å²) in [4.78, 5) is 31.6. The molecule has 1 aliphatic rings. The number of pyridine rings is 1. The molecule has 1 atom stereocenters. The zero-order valence-electron chi connectivity index (χ0n) is 11.9. The van der Waals surface area contributed by atoms with Crippen LogP contribution in [0.4, 0.5) is 5.69 Å². The number of anilines is 1. The normalized spacial score (nSPS) is 18.6. The van der Waals surface area contributed by atoms with E-state index in [9.17, 15) is 9.59 Å². The molecule has 0 aliphatic carbocycles. The molecule has 1 saturated heterocycles. The van der Waals surface area contributed by atoms with Crippen molar-refractivity contribution in [2.45, 2.75) is 6.42 Å². The van der Waals surface area contributed by atoms with E-state index in [-0.39, 0.29) is 24.2 Å². The quantitative estimate of drug-likeness (QED) is 0.829. The molecule has 1 fully saturated rings. The molecule has 1 aromatic heterocycles. The lowest BCUT2D eigenvalue weighted by molar-refractivity contribution is -0.126. The van der Waals surface area contributed by atoms with Crippen LogP contribution in [0.15, 0.2) is 24.5 Å². The van der Waals surface area contributed by atoms with Gasteiger partial charge in [0.15, 0.2) is 0 Å². The van der Waals surface area contributed by atoms with Crippen LogP contribution in [0.3, 0.4) is 0 Å². The van der Waals surface area contributed by atoms with E-state index in [1.54, 1.807) is 23.4 Å². The molecule has 1 unspecified atom stereocenters. The Bertz CT molecular complexity index is 475. The van der Waals surface area contributed by atoms with Crippen LogP contribution in [-0.4, -0.2) is 55.4 Å². The van der Waals surface area contributed by atoms with Gasteiger partial charge in [-0.25, -0.2) is 0 Å². The molecule has 2 rings (SSSR count). The Hall–Kier alpha value is -1.95. The lowest BCUT2D eigenvalue weighted by Crippen LogP contribution is -2.36. The molecule has 2 amide bonds. The van der Waals surface area contributed by atoms with Gasteiger partial charge in [-0.2, -0.15) is 0 Å².